The fourth-order valence-corrected chi connectivity index (χ4v) is 2.07. The van der Waals surface area contributed by atoms with Crippen LogP contribution in [-0.2, 0) is 0 Å². The number of hydrogen-bond donors (Lipinski definition) is 2. The minimum absolute atomic E-state index is 0.729. The van der Waals surface area contributed by atoms with Crippen molar-refractivity contribution in [2.45, 2.75) is 64.5 Å². The van der Waals surface area contributed by atoms with E-state index in [4.69, 9.17) is 0 Å². The van der Waals surface area contributed by atoms with Crippen LogP contribution in [0.25, 0.3) is 0 Å². The van der Waals surface area contributed by atoms with E-state index in [0.29, 0.717) is 0 Å². The predicted octanol–water partition coefficient (Wildman–Crippen LogP) is 2.30. The molecular formula is C12H26N2. The fraction of sp³-hybridized carbons (Fsp3) is 1.00. The van der Waals surface area contributed by atoms with Crippen molar-refractivity contribution in [3.8, 4) is 0 Å². The summed E-state index contributed by atoms with van der Waals surface area (Å²) < 4.78 is 0. The average Bonchev–Trinajstić information content (AvgIpc) is 2.25. The highest BCUT2D eigenvalue weighted by molar-refractivity contribution is 4.82. The van der Waals surface area contributed by atoms with Crippen LogP contribution in [0.4, 0.5) is 0 Å². The Balaban J connectivity index is 2.05. The van der Waals surface area contributed by atoms with Gasteiger partial charge < -0.3 is 10.6 Å². The van der Waals surface area contributed by atoms with E-state index in [0.717, 1.165) is 12.1 Å². The maximum absolute atomic E-state index is 3.65. The normalized spacial score (nSPS) is 27.9. The fourth-order valence-electron chi connectivity index (χ4n) is 2.07. The lowest BCUT2D eigenvalue weighted by Crippen LogP contribution is -2.54. The Bertz CT molecular complexity index is 112. The molecule has 84 valence electrons. The van der Waals surface area contributed by atoms with Crippen LogP contribution in [0.5, 0.6) is 0 Å². The van der Waals surface area contributed by atoms with E-state index in [9.17, 15) is 0 Å². The first-order chi connectivity index (χ1) is 6.86. The molecule has 2 atom stereocenters. The Morgan fingerprint density at radius 3 is 1.57 bits per heavy atom. The van der Waals surface area contributed by atoms with E-state index in [1.807, 2.05) is 0 Å². The summed E-state index contributed by atoms with van der Waals surface area (Å²) in [5, 5.41) is 7.30. The molecule has 0 radical (unpaired) electrons. The summed E-state index contributed by atoms with van der Waals surface area (Å²) in [5.74, 6) is 0. The molecule has 1 aliphatic heterocycles. The molecular weight excluding hydrogens is 172 g/mol. The van der Waals surface area contributed by atoms with Crippen LogP contribution in [0, 0.1) is 0 Å². The molecule has 0 bridgehead atoms. The van der Waals surface area contributed by atoms with E-state index in [1.165, 1.54) is 51.6 Å². The van der Waals surface area contributed by atoms with Gasteiger partial charge in [0.15, 0.2) is 0 Å². The summed E-state index contributed by atoms with van der Waals surface area (Å²) >= 11 is 0. The number of piperazine rings is 1. The van der Waals surface area contributed by atoms with Gasteiger partial charge in [0.2, 0.25) is 0 Å². The molecule has 0 aromatic carbocycles. The highest BCUT2D eigenvalue weighted by atomic mass is 15.1. The van der Waals surface area contributed by atoms with Crippen molar-refractivity contribution < 1.29 is 0 Å². The molecule has 0 saturated carbocycles. The molecule has 14 heavy (non-hydrogen) atoms. The quantitative estimate of drug-likeness (QED) is 0.684. The molecule has 2 nitrogen and oxygen atoms in total. The summed E-state index contributed by atoms with van der Waals surface area (Å²) in [6, 6.07) is 1.46. The lowest BCUT2D eigenvalue weighted by molar-refractivity contribution is 0.314. The summed E-state index contributed by atoms with van der Waals surface area (Å²) in [7, 11) is 0. The Labute approximate surface area is 88.8 Å². The van der Waals surface area contributed by atoms with Gasteiger partial charge in [0.25, 0.3) is 0 Å². The van der Waals surface area contributed by atoms with Gasteiger partial charge >= 0.3 is 0 Å². The molecule has 0 aromatic rings. The van der Waals surface area contributed by atoms with Gasteiger partial charge in [-0.2, -0.15) is 0 Å². The molecule has 2 heteroatoms. The first-order valence-electron chi connectivity index (χ1n) is 6.33. The van der Waals surface area contributed by atoms with Crippen molar-refractivity contribution in [2.24, 2.45) is 0 Å². The van der Waals surface area contributed by atoms with E-state index >= 15 is 0 Å². The summed E-state index contributed by atoms with van der Waals surface area (Å²) in [6.07, 6.45) is 8.03. The summed E-state index contributed by atoms with van der Waals surface area (Å²) in [4.78, 5) is 0. The molecule has 1 rings (SSSR count). The molecule has 1 heterocycles. The van der Waals surface area contributed by atoms with Crippen LogP contribution in [0.1, 0.15) is 52.4 Å². The highest BCUT2D eigenvalue weighted by Gasteiger charge is 2.18. The lowest BCUT2D eigenvalue weighted by atomic mass is 10.0. The molecule has 2 unspecified atom stereocenters. The third-order valence-corrected chi connectivity index (χ3v) is 3.12. The lowest BCUT2D eigenvalue weighted by Gasteiger charge is -2.31. The van der Waals surface area contributed by atoms with Gasteiger partial charge in [-0.15, -0.1) is 0 Å². The highest BCUT2D eigenvalue weighted by Crippen LogP contribution is 2.07. The topological polar surface area (TPSA) is 24.1 Å². The Morgan fingerprint density at radius 1 is 0.857 bits per heavy atom. The molecule has 1 fully saturated rings. The molecule has 0 spiro atoms. The van der Waals surface area contributed by atoms with Crippen LogP contribution < -0.4 is 10.6 Å². The van der Waals surface area contributed by atoms with Crippen molar-refractivity contribution in [1.29, 1.82) is 0 Å². The van der Waals surface area contributed by atoms with E-state index in [-0.39, 0.29) is 0 Å². The van der Waals surface area contributed by atoms with Crippen LogP contribution in [0.2, 0.25) is 0 Å². The van der Waals surface area contributed by atoms with Crippen molar-refractivity contribution in [1.82, 2.24) is 10.6 Å². The maximum Gasteiger partial charge on any atom is 0.0193 e. The van der Waals surface area contributed by atoms with Crippen LogP contribution in [0.3, 0.4) is 0 Å². The third kappa shape index (κ3) is 4.43. The van der Waals surface area contributed by atoms with Crippen molar-refractivity contribution >= 4 is 0 Å². The van der Waals surface area contributed by atoms with Gasteiger partial charge in [-0.25, -0.2) is 0 Å². The molecule has 1 saturated heterocycles. The molecule has 2 N–H and O–H groups in total. The minimum atomic E-state index is 0.729. The summed E-state index contributed by atoms with van der Waals surface area (Å²) in [5.41, 5.74) is 0. The first-order valence-corrected chi connectivity index (χ1v) is 6.33. The maximum atomic E-state index is 3.65. The standard InChI is InChI=1S/C12H26N2/c1-3-5-7-11-9-14-12(10-13-11)8-6-4-2/h11-14H,3-10H2,1-2H3. The van der Waals surface area contributed by atoms with Gasteiger partial charge in [-0.1, -0.05) is 39.5 Å². The number of nitrogens with one attached hydrogen (secondary N) is 2. The summed E-state index contributed by atoms with van der Waals surface area (Å²) in [6.45, 7) is 6.88. The Morgan fingerprint density at radius 2 is 1.29 bits per heavy atom. The zero-order valence-electron chi connectivity index (χ0n) is 9.81. The van der Waals surface area contributed by atoms with Crippen LogP contribution in [0.15, 0.2) is 0 Å². The Hall–Kier alpha value is -0.0800. The molecule has 0 aromatic heterocycles. The van der Waals surface area contributed by atoms with Crippen molar-refractivity contribution in [3.63, 3.8) is 0 Å². The van der Waals surface area contributed by atoms with E-state index < -0.39 is 0 Å². The monoisotopic (exact) mass is 198 g/mol. The second-order valence-corrected chi connectivity index (χ2v) is 4.49. The number of rotatable bonds is 6. The first kappa shape index (κ1) is 12.0. The van der Waals surface area contributed by atoms with Crippen LogP contribution >= 0.6 is 0 Å². The van der Waals surface area contributed by atoms with Gasteiger partial charge in [0.05, 0.1) is 0 Å². The van der Waals surface area contributed by atoms with Crippen molar-refractivity contribution in [3.05, 3.63) is 0 Å². The van der Waals surface area contributed by atoms with Gasteiger partial charge in [0.1, 0.15) is 0 Å². The van der Waals surface area contributed by atoms with Gasteiger partial charge in [-0.05, 0) is 12.8 Å². The number of hydrogen-bond acceptors (Lipinski definition) is 2. The average molecular weight is 198 g/mol. The van der Waals surface area contributed by atoms with Crippen LogP contribution in [-0.4, -0.2) is 25.2 Å². The van der Waals surface area contributed by atoms with Gasteiger partial charge in [-0.3, -0.25) is 0 Å². The number of unbranched alkanes of at least 4 members (excludes halogenated alkanes) is 2. The zero-order valence-corrected chi connectivity index (χ0v) is 9.81. The van der Waals surface area contributed by atoms with E-state index in [1.54, 1.807) is 0 Å². The predicted molar refractivity (Wildman–Crippen MR) is 62.6 cm³/mol. The smallest absolute Gasteiger partial charge is 0.0193 e. The SMILES string of the molecule is CCCCC1CNC(CCCC)CN1. The third-order valence-electron chi connectivity index (χ3n) is 3.12. The molecule has 1 aliphatic rings. The minimum Gasteiger partial charge on any atom is -0.311 e. The zero-order chi connectivity index (χ0) is 10.2. The van der Waals surface area contributed by atoms with Gasteiger partial charge in [0, 0.05) is 25.2 Å². The largest absolute Gasteiger partial charge is 0.311 e. The second-order valence-electron chi connectivity index (χ2n) is 4.49. The molecule has 0 aliphatic carbocycles. The second kappa shape index (κ2) is 7.24. The van der Waals surface area contributed by atoms with E-state index in [2.05, 4.69) is 24.5 Å². The Kier molecular flexibility index (Phi) is 6.20. The molecule has 0 amide bonds. The van der Waals surface area contributed by atoms with Crippen molar-refractivity contribution in [2.75, 3.05) is 13.1 Å².